The van der Waals surface area contributed by atoms with E-state index in [1.54, 1.807) is 22.9 Å². The molecule has 0 radical (unpaired) electrons. The molecule has 0 amide bonds. The van der Waals surface area contributed by atoms with Crippen LogP contribution >= 0.6 is 0 Å². The Morgan fingerprint density at radius 2 is 2.17 bits per heavy atom. The summed E-state index contributed by atoms with van der Waals surface area (Å²) >= 11 is 0. The zero-order valence-electron chi connectivity index (χ0n) is 10.0. The summed E-state index contributed by atoms with van der Waals surface area (Å²) in [6.45, 7) is 2.88. The maximum Gasteiger partial charge on any atom is 0.339 e. The van der Waals surface area contributed by atoms with Gasteiger partial charge in [-0.1, -0.05) is 12.1 Å². The summed E-state index contributed by atoms with van der Waals surface area (Å²) in [6.07, 6.45) is 1.86. The first-order valence-electron chi connectivity index (χ1n) is 5.62. The van der Waals surface area contributed by atoms with Crippen LogP contribution in [0.3, 0.4) is 0 Å². The molecule has 0 aliphatic rings. The average Bonchev–Trinajstić information content (AvgIpc) is 2.75. The average molecular weight is 246 g/mol. The highest BCUT2D eigenvalue weighted by molar-refractivity contribution is 5.90. The fourth-order valence-corrected chi connectivity index (χ4v) is 1.61. The Kier molecular flexibility index (Phi) is 3.62. The molecule has 1 aromatic heterocycles. The molecule has 0 atom stereocenters. The Morgan fingerprint density at radius 1 is 1.39 bits per heavy atom. The quantitative estimate of drug-likeness (QED) is 0.876. The highest BCUT2D eigenvalue weighted by Crippen LogP contribution is 2.17. The number of rotatable bonds is 5. The molecular weight excluding hydrogens is 232 g/mol. The Labute approximate surface area is 105 Å². The van der Waals surface area contributed by atoms with Crippen LogP contribution in [-0.4, -0.2) is 27.5 Å². The lowest BCUT2D eigenvalue weighted by molar-refractivity contribution is 0.0692. The predicted molar refractivity (Wildman–Crippen MR) is 65.9 cm³/mol. The number of para-hydroxylation sites is 1. The van der Waals surface area contributed by atoms with Gasteiger partial charge in [-0.05, 0) is 25.1 Å². The van der Waals surface area contributed by atoms with Crippen molar-refractivity contribution < 1.29 is 14.6 Å². The maximum absolute atomic E-state index is 11.0. The van der Waals surface area contributed by atoms with Crippen LogP contribution in [-0.2, 0) is 6.54 Å². The van der Waals surface area contributed by atoms with Crippen LogP contribution in [0.15, 0.2) is 36.5 Å². The molecule has 2 aromatic rings. The van der Waals surface area contributed by atoms with E-state index in [1.807, 2.05) is 19.2 Å². The van der Waals surface area contributed by atoms with Crippen LogP contribution in [0.5, 0.6) is 5.75 Å². The molecule has 0 spiro atoms. The fourth-order valence-electron chi connectivity index (χ4n) is 1.61. The monoisotopic (exact) mass is 246 g/mol. The van der Waals surface area contributed by atoms with E-state index in [1.165, 1.54) is 6.07 Å². The minimum absolute atomic E-state index is 0.175. The summed E-state index contributed by atoms with van der Waals surface area (Å²) in [6, 6.07) is 8.51. The standard InChI is InChI=1S/C13H14N2O3/c1-10-6-7-15(14-10)8-9-18-12-5-3-2-4-11(12)13(16)17/h2-7H,8-9H2,1H3,(H,16,17). The lowest BCUT2D eigenvalue weighted by Crippen LogP contribution is -2.10. The maximum atomic E-state index is 11.0. The molecule has 18 heavy (non-hydrogen) atoms. The fraction of sp³-hybridized carbons (Fsp3) is 0.231. The van der Waals surface area contributed by atoms with E-state index in [-0.39, 0.29) is 5.56 Å². The summed E-state index contributed by atoms with van der Waals surface area (Å²) in [5.41, 5.74) is 1.12. The second-order valence-corrected chi connectivity index (χ2v) is 3.87. The number of carboxylic acid groups (broad SMARTS) is 1. The zero-order valence-corrected chi connectivity index (χ0v) is 10.0. The summed E-state index contributed by atoms with van der Waals surface area (Å²) in [7, 11) is 0. The van der Waals surface area contributed by atoms with Crippen molar-refractivity contribution in [1.82, 2.24) is 9.78 Å². The second-order valence-electron chi connectivity index (χ2n) is 3.87. The second kappa shape index (κ2) is 5.35. The van der Waals surface area contributed by atoms with Crippen LogP contribution in [0.4, 0.5) is 0 Å². The van der Waals surface area contributed by atoms with E-state index in [4.69, 9.17) is 9.84 Å². The molecule has 1 heterocycles. The van der Waals surface area contributed by atoms with Crippen molar-refractivity contribution in [3.63, 3.8) is 0 Å². The van der Waals surface area contributed by atoms with Crippen LogP contribution < -0.4 is 4.74 Å². The first-order valence-corrected chi connectivity index (χ1v) is 5.62. The minimum Gasteiger partial charge on any atom is -0.491 e. The lowest BCUT2D eigenvalue weighted by atomic mass is 10.2. The van der Waals surface area contributed by atoms with E-state index >= 15 is 0 Å². The number of aryl methyl sites for hydroxylation is 1. The number of aromatic carboxylic acids is 1. The van der Waals surface area contributed by atoms with Crippen LogP contribution in [0.2, 0.25) is 0 Å². The highest BCUT2D eigenvalue weighted by atomic mass is 16.5. The molecule has 0 aliphatic carbocycles. The number of aromatic nitrogens is 2. The van der Waals surface area contributed by atoms with Gasteiger partial charge in [0, 0.05) is 6.20 Å². The van der Waals surface area contributed by atoms with E-state index < -0.39 is 5.97 Å². The number of carboxylic acids is 1. The van der Waals surface area contributed by atoms with Gasteiger partial charge >= 0.3 is 5.97 Å². The van der Waals surface area contributed by atoms with Crippen LogP contribution in [0.25, 0.3) is 0 Å². The van der Waals surface area contributed by atoms with Gasteiger partial charge in [-0.25, -0.2) is 4.79 Å². The van der Waals surface area contributed by atoms with Gasteiger partial charge in [0.1, 0.15) is 17.9 Å². The van der Waals surface area contributed by atoms with E-state index in [2.05, 4.69) is 5.10 Å². The van der Waals surface area contributed by atoms with Gasteiger partial charge in [-0.3, -0.25) is 4.68 Å². The molecule has 0 fully saturated rings. The number of benzene rings is 1. The number of ether oxygens (including phenoxy) is 1. The third-order valence-electron chi connectivity index (χ3n) is 2.47. The van der Waals surface area contributed by atoms with Crippen molar-refractivity contribution >= 4 is 5.97 Å². The number of hydrogen-bond donors (Lipinski definition) is 1. The van der Waals surface area contributed by atoms with Gasteiger partial charge in [0.15, 0.2) is 0 Å². The van der Waals surface area contributed by atoms with Crippen LogP contribution in [0, 0.1) is 6.92 Å². The largest absolute Gasteiger partial charge is 0.491 e. The van der Waals surface area contributed by atoms with Crippen molar-refractivity contribution in [3.05, 3.63) is 47.8 Å². The van der Waals surface area contributed by atoms with E-state index in [9.17, 15) is 4.79 Å². The third-order valence-corrected chi connectivity index (χ3v) is 2.47. The summed E-state index contributed by atoms with van der Waals surface area (Å²) in [5, 5.41) is 13.2. The molecule has 0 unspecified atom stereocenters. The first-order chi connectivity index (χ1) is 8.66. The van der Waals surface area contributed by atoms with Crippen molar-refractivity contribution in [2.75, 3.05) is 6.61 Å². The lowest BCUT2D eigenvalue weighted by Gasteiger charge is -2.08. The van der Waals surface area contributed by atoms with Crippen molar-refractivity contribution in [2.45, 2.75) is 13.5 Å². The molecule has 1 N–H and O–H groups in total. The molecule has 1 aromatic carbocycles. The van der Waals surface area contributed by atoms with Crippen LogP contribution in [0.1, 0.15) is 16.1 Å². The van der Waals surface area contributed by atoms with Gasteiger partial charge in [0.25, 0.3) is 0 Å². The topological polar surface area (TPSA) is 64.3 Å². The molecule has 2 rings (SSSR count). The Balaban J connectivity index is 1.96. The Bertz CT molecular complexity index is 549. The minimum atomic E-state index is -0.986. The molecule has 94 valence electrons. The zero-order chi connectivity index (χ0) is 13.0. The van der Waals surface area contributed by atoms with Gasteiger partial charge in [-0.15, -0.1) is 0 Å². The number of hydrogen-bond acceptors (Lipinski definition) is 3. The normalized spacial score (nSPS) is 10.3. The molecule has 5 nitrogen and oxygen atoms in total. The molecule has 0 bridgehead atoms. The Morgan fingerprint density at radius 3 is 2.83 bits per heavy atom. The Hall–Kier alpha value is -2.30. The van der Waals surface area contributed by atoms with E-state index in [0.29, 0.717) is 18.9 Å². The van der Waals surface area contributed by atoms with Gasteiger partial charge in [0.2, 0.25) is 0 Å². The highest BCUT2D eigenvalue weighted by Gasteiger charge is 2.09. The third kappa shape index (κ3) is 2.88. The van der Waals surface area contributed by atoms with Gasteiger partial charge in [-0.2, -0.15) is 5.10 Å². The summed E-state index contributed by atoms with van der Waals surface area (Å²) in [5.74, 6) is -0.602. The molecule has 0 saturated heterocycles. The smallest absolute Gasteiger partial charge is 0.339 e. The summed E-state index contributed by atoms with van der Waals surface area (Å²) in [4.78, 5) is 11.0. The van der Waals surface area contributed by atoms with Crippen molar-refractivity contribution in [3.8, 4) is 5.75 Å². The summed E-state index contributed by atoms with van der Waals surface area (Å²) < 4.78 is 7.23. The van der Waals surface area contributed by atoms with Crippen molar-refractivity contribution in [2.24, 2.45) is 0 Å². The molecule has 0 saturated carbocycles. The van der Waals surface area contributed by atoms with Crippen molar-refractivity contribution in [1.29, 1.82) is 0 Å². The molecule has 0 aliphatic heterocycles. The predicted octanol–water partition coefficient (Wildman–Crippen LogP) is 1.97. The molecular formula is C13H14N2O3. The van der Waals surface area contributed by atoms with Gasteiger partial charge in [0.05, 0.1) is 12.2 Å². The SMILES string of the molecule is Cc1ccn(CCOc2ccccc2C(=O)O)n1. The van der Waals surface area contributed by atoms with Gasteiger partial charge < -0.3 is 9.84 Å². The first kappa shape index (κ1) is 12.2. The molecule has 5 heteroatoms. The van der Waals surface area contributed by atoms with E-state index in [0.717, 1.165) is 5.69 Å². The number of nitrogens with zero attached hydrogens (tertiary/aromatic N) is 2. The number of carbonyl (C=O) groups is 1.